The summed E-state index contributed by atoms with van der Waals surface area (Å²) < 4.78 is 0. The van der Waals surface area contributed by atoms with Crippen molar-refractivity contribution in [1.82, 2.24) is 4.90 Å². The predicted octanol–water partition coefficient (Wildman–Crippen LogP) is 2.84. The SMILES string of the molecule is CC(C)CN(CC(C)C)C(=O)c1ccc(C(=O)O)c(C(=O)O)c1. The molecule has 0 heterocycles. The lowest BCUT2D eigenvalue weighted by Gasteiger charge is -2.26. The van der Waals surface area contributed by atoms with E-state index < -0.39 is 11.9 Å². The zero-order chi connectivity index (χ0) is 17.7. The van der Waals surface area contributed by atoms with Crippen LogP contribution in [0.5, 0.6) is 0 Å². The van der Waals surface area contributed by atoms with Crippen molar-refractivity contribution in [2.45, 2.75) is 27.7 Å². The number of carboxylic acids is 2. The van der Waals surface area contributed by atoms with Crippen LogP contribution in [-0.4, -0.2) is 46.0 Å². The van der Waals surface area contributed by atoms with Crippen molar-refractivity contribution in [2.75, 3.05) is 13.1 Å². The van der Waals surface area contributed by atoms with Crippen molar-refractivity contribution < 1.29 is 24.6 Å². The normalized spacial score (nSPS) is 10.9. The van der Waals surface area contributed by atoms with Crippen LogP contribution in [0.1, 0.15) is 58.8 Å². The van der Waals surface area contributed by atoms with E-state index in [2.05, 4.69) is 0 Å². The van der Waals surface area contributed by atoms with Crippen molar-refractivity contribution in [3.8, 4) is 0 Å². The fourth-order valence-electron chi connectivity index (χ4n) is 2.35. The Bertz CT molecular complexity index is 597. The van der Waals surface area contributed by atoms with Crippen molar-refractivity contribution in [2.24, 2.45) is 11.8 Å². The number of benzene rings is 1. The van der Waals surface area contributed by atoms with Gasteiger partial charge in [-0.05, 0) is 30.0 Å². The van der Waals surface area contributed by atoms with Crippen LogP contribution >= 0.6 is 0 Å². The fourth-order valence-corrected chi connectivity index (χ4v) is 2.35. The minimum Gasteiger partial charge on any atom is -0.478 e. The molecule has 1 rings (SSSR count). The predicted molar refractivity (Wildman–Crippen MR) is 85.9 cm³/mol. The number of carboxylic acid groups (broad SMARTS) is 2. The van der Waals surface area contributed by atoms with Gasteiger partial charge in [0.05, 0.1) is 11.1 Å². The van der Waals surface area contributed by atoms with E-state index in [4.69, 9.17) is 10.2 Å². The van der Waals surface area contributed by atoms with E-state index in [0.29, 0.717) is 13.1 Å². The molecule has 1 amide bonds. The molecule has 1 aromatic carbocycles. The smallest absolute Gasteiger partial charge is 0.336 e. The largest absolute Gasteiger partial charge is 0.478 e. The average Bonchev–Trinajstić information content (AvgIpc) is 2.43. The summed E-state index contributed by atoms with van der Waals surface area (Å²) in [7, 11) is 0. The minimum atomic E-state index is -1.36. The topological polar surface area (TPSA) is 94.9 Å². The van der Waals surface area contributed by atoms with Crippen molar-refractivity contribution >= 4 is 17.8 Å². The molecule has 23 heavy (non-hydrogen) atoms. The Balaban J connectivity index is 3.21. The number of hydrogen-bond donors (Lipinski definition) is 2. The molecule has 126 valence electrons. The van der Waals surface area contributed by atoms with E-state index in [0.717, 1.165) is 6.07 Å². The molecule has 2 N–H and O–H groups in total. The first kappa shape index (κ1) is 18.7. The first-order valence-corrected chi connectivity index (χ1v) is 7.53. The van der Waals surface area contributed by atoms with Crippen LogP contribution in [-0.2, 0) is 0 Å². The van der Waals surface area contributed by atoms with Gasteiger partial charge in [-0.3, -0.25) is 4.79 Å². The molecule has 1 aromatic rings. The molecular formula is C17H23NO5. The molecule has 0 atom stereocenters. The molecule has 0 radical (unpaired) electrons. The monoisotopic (exact) mass is 321 g/mol. The van der Waals surface area contributed by atoms with E-state index in [1.54, 1.807) is 4.90 Å². The number of nitrogens with zero attached hydrogens (tertiary/aromatic N) is 1. The number of hydrogen-bond acceptors (Lipinski definition) is 3. The van der Waals surface area contributed by atoms with E-state index in [1.807, 2.05) is 27.7 Å². The molecule has 0 bridgehead atoms. The van der Waals surface area contributed by atoms with Crippen LogP contribution in [0.15, 0.2) is 18.2 Å². The van der Waals surface area contributed by atoms with Crippen LogP contribution in [0.25, 0.3) is 0 Å². The van der Waals surface area contributed by atoms with Gasteiger partial charge in [0.25, 0.3) is 5.91 Å². The number of carbonyl (C=O) groups is 3. The maximum Gasteiger partial charge on any atom is 0.336 e. The molecule has 0 spiro atoms. The van der Waals surface area contributed by atoms with Crippen LogP contribution in [0, 0.1) is 11.8 Å². The average molecular weight is 321 g/mol. The Hall–Kier alpha value is -2.37. The van der Waals surface area contributed by atoms with E-state index in [9.17, 15) is 14.4 Å². The Morgan fingerprint density at radius 3 is 1.78 bits per heavy atom. The van der Waals surface area contributed by atoms with Gasteiger partial charge in [-0.1, -0.05) is 27.7 Å². The summed E-state index contributed by atoms with van der Waals surface area (Å²) in [4.78, 5) is 36.6. The van der Waals surface area contributed by atoms with Crippen LogP contribution in [0.4, 0.5) is 0 Å². The van der Waals surface area contributed by atoms with Gasteiger partial charge >= 0.3 is 11.9 Å². The number of aromatic carboxylic acids is 2. The van der Waals surface area contributed by atoms with E-state index in [-0.39, 0.29) is 34.4 Å². The zero-order valence-electron chi connectivity index (χ0n) is 13.9. The second kappa shape index (κ2) is 7.76. The summed E-state index contributed by atoms with van der Waals surface area (Å²) in [5.74, 6) is -2.43. The van der Waals surface area contributed by atoms with Gasteiger partial charge in [0.15, 0.2) is 0 Å². The lowest BCUT2D eigenvalue weighted by atomic mass is 10.0. The first-order chi connectivity index (χ1) is 10.6. The van der Waals surface area contributed by atoms with Gasteiger partial charge in [-0.2, -0.15) is 0 Å². The van der Waals surface area contributed by atoms with Gasteiger partial charge in [-0.25, -0.2) is 9.59 Å². The van der Waals surface area contributed by atoms with Gasteiger partial charge in [0.1, 0.15) is 0 Å². The molecule has 0 saturated heterocycles. The number of carbonyl (C=O) groups excluding carboxylic acids is 1. The third-order valence-electron chi connectivity index (χ3n) is 3.19. The third-order valence-corrected chi connectivity index (χ3v) is 3.19. The molecule has 0 aliphatic rings. The highest BCUT2D eigenvalue weighted by molar-refractivity contribution is 6.04. The van der Waals surface area contributed by atoms with Gasteiger partial charge in [-0.15, -0.1) is 0 Å². The Morgan fingerprint density at radius 1 is 0.913 bits per heavy atom. The van der Waals surface area contributed by atoms with Gasteiger partial charge in [0.2, 0.25) is 0 Å². The van der Waals surface area contributed by atoms with Crippen LogP contribution < -0.4 is 0 Å². The highest BCUT2D eigenvalue weighted by atomic mass is 16.4. The number of amides is 1. The minimum absolute atomic E-state index is 0.189. The lowest BCUT2D eigenvalue weighted by molar-refractivity contribution is 0.0650. The maximum atomic E-state index is 12.7. The van der Waals surface area contributed by atoms with E-state index in [1.165, 1.54) is 12.1 Å². The van der Waals surface area contributed by atoms with Crippen molar-refractivity contribution in [3.63, 3.8) is 0 Å². The Kier molecular flexibility index (Phi) is 6.30. The molecule has 0 aliphatic heterocycles. The van der Waals surface area contributed by atoms with Crippen molar-refractivity contribution in [1.29, 1.82) is 0 Å². The summed E-state index contributed by atoms with van der Waals surface area (Å²) in [5, 5.41) is 18.2. The molecule has 0 unspecified atom stereocenters. The Morgan fingerprint density at radius 2 is 1.39 bits per heavy atom. The zero-order valence-corrected chi connectivity index (χ0v) is 13.9. The Labute approximate surface area is 135 Å². The third kappa shape index (κ3) is 5.09. The lowest BCUT2D eigenvalue weighted by Crippen LogP contribution is -2.37. The highest BCUT2D eigenvalue weighted by Gasteiger charge is 2.22. The summed E-state index contributed by atoms with van der Waals surface area (Å²) in [6.07, 6.45) is 0. The molecule has 0 aliphatic carbocycles. The van der Waals surface area contributed by atoms with Crippen LogP contribution in [0.2, 0.25) is 0 Å². The van der Waals surface area contributed by atoms with Gasteiger partial charge in [0, 0.05) is 18.7 Å². The fraction of sp³-hybridized carbons (Fsp3) is 0.471. The first-order valence-electron chi connectivity index (χ1n) is 7.53. The quantitative estimate of drug-likeness (QED) is 0.805. The van der Waals surface area contributed by atoms with E-state index >= 15 is 0 Å². The summed E-state index contributed by atoms with van der Waals surface area (Å²) in [5.41, 5.74) is -0.514. The van der Waals surface area contributed by atoms with Crippen LogP contribution in [0.3, 0.4) is 0 Å². The molecular weight excluding hydrogens is 298 g/mol. The summed E-state index contributed by atoms with van der Waals surface area (Å²) in [6.45, 7) is 9.10. The molecule has 6 heteroatoms. The number of rotatable bonds is 7. The maximum absolute atomic E-state index is 12.7. The summed E-state index contributed by atoms with van der Waals surface area (Å²) in [6, 6.07) is 3.68. The molecule has 0 saturated carbocycles. The highest BCUT2D eigenvalue weighted by Crippen LogP contribution is 2.16. The molecule has 0 aromatic heterocycles. The van der Waals surface area contributed by atoms with Gasteiger partial charge < -0.3 is 15.1 Å². The second-order valence-corrected chi connectivity index (χ2v) is 6.37. The standard InChI is InChI=1S/C17H23NO5/c1-10(2)8-18(9-11(3)4)15(19)12-5-6-13(16(20)21)14(7-12)17(22)23/h5-7,10-11H,8-9H2,1-4H3,(H,20,21)(H,22,23). The summed E-state index contributed by atoms with van der Waals surface area (Å²) >= 11 is 0. The molecule has 6 nitrogen and oxygen atoms in total. The second-order valence-electron chi connectivity index (χ2n) is 6.37. The molecule has 0 fully saturated rings. The van der Waals surface area contributed by atoms with Crippen molar-refractivity contribution in [3.05, 3.63) is 34.9 Å².